The third kappa shape index (κ3) is 5.52. The van der Waals surface area contributed by atoms with E-state index in [1.54, 1.807) is 7.11 Å². The molecule has 2 nitrogen and oxygen atoms in total. The molecule has 0 saturated heterocycles. The van der Waals surface area contributed by atoms with Crippen LogP contribution in [0.1, 0.15) is 57.6 Å². The third-order valence-corrected chi connectivity index (χ3v) is 4.32. The van der Waals surface area contributed by atoms with Gasteiger partial charge in [0.2, 0.25) is 0 Å². The summed E-state index contributed by atoms with van der Waals surface area (Å²) in [6.07, 6.45) is 0.900. The summed E-state index contributed by atoms with van der Waals surface area (Å²) in [5.74, 6) is 0.848. The minimum atomic E-state index is 0.776. The number of rotatable bonds is 2. The van der Waals surface area contributed by atoms with E-state index >= 15 is 0 Å². The first-order valence-corrected chi connectivity index (χ1v) is 8.46. The molecule has 0 aliphatic carbocycles. The fourth-order valence-electron chi connectivity index (χ4n) is 2.36. The highest BCUT2D eigenvalue weighted by Crippen LogP contribution is 2.26. The number of ether oxygens (including phenoxy) is 1. The number of hydrogen-bond acceptors (Lipinski definition) is 2. The lowest BCUT2D eigenvalue weighted by Gasteiger charge is -2.11. The van der Waals surface area contributed by atoms with Gasteiger partial charge in [0, 0.05) is 5.56 Å². The maximum Gasteiger partial charge on any atom is 0.150 e. The van der Waals surface area contributed by atoms with E-state index in [1.165, 1.54) is 16.7 Å². The van der Waals surface area contributed by atoms with Crippen molar-refractivity contribution in [2.45, 2.75) is 55.4 Å². The van der Waals surface area contributed by atoms with Crippen molar-refractivity contribution in [2.24, 2.45) is 0 Å². The second kappa shape index (κ2) is 10.6. The molecule has 0 saturated carbocycles. The van der Waals surface area contributed by atoms with Gasteiger partial charge in [-0.05, 0) is 81.0 Å². The molecule has 0 aromatic heterocycles. The molecule has 2 rings (SSSR count). The van der Waals surface area contributed by atoms with Gasteiger partial charge >= 0.3 is 0 Å². The minimum Gasteiger partial charge on any atom is -0.496 e. The van der Waals surface area contributed by atoms with Crippen LogP contribution >= 0.6 is 0 Å². The first-order valence-electron chi connectivity index (χ1n) is 8.46. The first-order chi connectivity index (χ1) is 11.3. The van der Waals surface area contributed by atoms with Crippen molar-refractivity contribution in [1.29, 1.82) is 0 Å². The number of methoxy groups -OCH3 is 1. The van der Waals surface area contributed by atoms with Gasteiger partial charge in [-0.3, -0.25) is 4.79 Å². The van der Waals surface area contributed by atoms with Crippen LogP contribution < -0.4 is 4.74 Å². The Morgan fingerprint density at radius 1 is 0.792 bits per heavy atom. The van der Waals surface area contributed by atoms with Gasteiger partial charge < -0.3 is 4.74 Å². The zero-order valence-electron chi connectivity index (χ0n) is 16.7. The summed E-state index contributed by atoms with van der Waals surface area (Å²) in [6.45, 7) is 16.3. The molecule has 0 amide bonds. The number of carbonyl (C=O) groups is 1. The smallest absolute Gasteiger partial charge is 0.150 e. The van der Waals surface area contributed by atoms with Crippen LogP contribution in [0.3, 0.4) is 0 Å². The Morgan fingerprint density at radius 2 is 1.29 bits per heavy atom. The Morgan fingerprint density at radius 3 is 1.67 bits per heavy atom. The zero-order chi connectivity index (χ0) is 18.9. The summed E-state index contributed by atoms with van der Waals surface area (Å²) in [5.41, 5.74) is 7.97. The van der Waals surface area contributed by atoms with Gasteiger partial charge in [0.05, 0.1) is 7.11 Å². The Balaban J connectivity index is 0.000000420. The Hall–Kier alpha value is -2.09. The second-order valence-electron chi connectivity index (χ2n) is 5.69. The first kappa shape index (κ1) is 21.9. The van der Waals surface area contributed by atoms with E-state index in [0.717, 1.165) is 34.3 Å². The molecular formula is C22H32O2. The predicted octanol–water partition coefficient (Wildman–Crippen LogP) is 6.07. The van der Waals surface area contributed by atoms with Gasteiger partial charge in [-0.1, -0.05) is 32.0 Å². The van der Waals surface area contributed by atoms with Gasteiger partial charge in [0.1, 0.15) is 5.75 Å². The average Bonchev–Trinajstić information content (AvgIpc) is 2.58. The highest BCUT2D eigenvalue weighted by Gasteiger charge is 2.09. The van der Waals surface area contributed by atoms with Crippen LogP contribution in [0.4, 0.5) is 0 Å². The van der Waals surface area contributed by atoms with E-state index in [2.05, 4.69) is 39.0 Å². The normalized spacial score (nSPS) is 9.21. The fourth-order valence-corrected chi connectivity index (χ4v) is 2.36. The molecule has 0 aliphatic rings. The monoisotopic (exact) mass is 328 g/mol. The largest absolute Gasteiger partial charge is 0.496 e. The van der Waals surface area contributed by atoms with Crippen molar-refractivity contribution >= 4 is 6.29 Å². The van der Waals surface area contributed by atoms with Crippen molar-refractivity contribution < 1.29 is 9.53 Å². The topological polar surface area (TPSA) is 26.3 Å². The van der Waals surface area contributed by atoms with E-state index in [4.69, 9.17) is 4.74 Å². The lowest BCUT2D eigenvalue weighted by molar-refractivity contribution is 0.112. The molecule has 2 aromatic carbocycles. The maximum atomic E-state index is 10.8. The number of benzene rings is 2. The summed E-state index contributed by atoms with van der Waals surface area (Å²) in [6, 6.07) is 8.27. The van der Waals surface area contributed by atoms with Crippen molar-refractivity contribution in [1.82, 2.24) is 0 Å². The molecule has 0 heterocycles. The summed E-state index contributed by atoms with van der Waals surface area (Å²) >= 11 is 0. The highest BCUT2D eigenvalue weighted by atomic mass is 16.5. The van der Waals surface area contributed by atoms with E-state index in [1.807, 2.05) is 40.7 Å². The molecule has 132 valence electrons. The molecule has 2 aromatic rings. The van der Waals surface area contributed by atoms with Crippen LogP contribution in [0.15, 0.2) is 24.3 Å². The van der Waals surface area contributed by atoms with Crippen molar-refractivity contribution in [3.8, 4) is 5.75 Å². The molecule has 0 fully saturated rings. The molecule has 2 heteroatoms. The molecule has 24 heavy (non-hydrogen) atoms. The van der Waals surface area contributed by atoms with Crippen LogP contribution in [0, 0.1) is 41.5 Å². The van der Waals surface area contributed by atoms with E-state index in [9.17, 15) is 4.79 Å². The molecule has 0 radical (unpaired) electrons. The Kier molecular flexibility index (Phi) is 9.71. The van der Waals surface area contributed by atoms with Crippen molar-refractivity contribution in [3.05, 3.63) is 63.2 Å². The van der Waals surface area contributed by atoms with Gasteiger partial charge in [-0.2, -0.15) is 0 Å². The standard InChI is InChI=1S/C11H14O2.C9H12.C2H6/c1-7-5-11(13-4)9(3)8(2)10(7)6-12;1-7-5-4-6-8(2)9(7)3;1-2/h5-6H,1-4H3;4-6H,1-3H3;1-2H3. The van der Waals surface area contributed by atoms with E-state index in [0.29, 0.717) is 0 Å². The summed E-state index contributed by atoms with van der Waals surface area (Å²) in [5, 5.41) is 0. The number of aryl methyl sites for hydroxylation is 3. The fraction of sp³-hybridized carbons (Fsp3) is 0.409. The highest BCUT2D eigenvalue weighted by molar-refractivity contribution is 5.81. The van der Waals surface area contributed by atoms with Crippen LogP contribution in [0.2, 0.25) is 0 Å². The molecule has 0 aliphatic heterocycles. The summed E-state index contributed by atoms with van der Waals surface area (Å²) < 4.78 is 5.19. The molecule has 0 spiro atoms. The summed E-state index contributed by atoms with van der Waals surface area (Å²) in [7, 11) is 1.64. The molecular weight excluding hydrogens is 296 g/mol. The molecule has 0 N–H and O–H groups in total. The third-order valence-electron chi connectivity index (χ3n) is 4.32. The molecule has 0 unspecified atom stereocenters. The Labute approximate surface area is 147 Å². The average molecular weight is 328 g/mol. The number of aldehydes is 1. The van der Waals surface area contributed by atoms with Crippen molar-refractivity contribution in [2.75, 3.05) is 7.11 Å². The number of carbonyl (C=O) groups excluding carboxylic acids is 1. The van der Waals surface area contributed by atoms with E-state index in [-0.39, 0.29) is 0 Å². The van der Waals surface area contributed by atoms with Gasteiger partial charge in [0.15, 0.2) is 6.29 Å². The van der Waals surface area contributed by atoms with Crippen LogP contribution in [0.5, 0.6) is 5.75 Å². The SMILES string of the molecule is CC.COc1cc(C)c(C=O)c(C)c1C.Cc1cccc(C)c1C. The quantitative estimate of drug-likeness (QED) is 0.625. The second-order valence-corrected chi connectivity index (χ2v) is 5.69. The predicted molar refractivity (Wildman–Crippen MR) is 105 cm³/mol. The molecule has 0 atom stereocenters. The van der Waals surface area contributed by atoms with Gasteiger partial charge in [0.25, 0.3) is 0 Å². The zero-order valence-corrected chi connectivity index (χ0v) is 16.7. The minimum absolute atomic E-state index is 0.776. The van der Waals surface area contributed by atoms with Crippen LogP contribution in [-0.2, 0) is 0 Å². The van der Waals surface area contributed by atoms with Gasteiger partial charge in [-0.15, -0.1) is 0 Å². The van der Waals surface area contributed by atoms with Crippen LogP contribution in [0.25, 0.3) is 0 Å². The Bertz CT molecular complexity index is 650. The summed E-state index contributed by atoms with van der Waals surface area (Å²) in [4.78, 5) is 10.8. The van der Waals surface area contributed by atoms with Gasteiger partial charge in [-0.25, -0.2) is 0 Å². The van der Waals surface area contributed by atoms with Crippen LogP contribution in [-0.4, -0.2) is 13.4 Å². The maximum absolute atomic E-state index is 10.8. The lowest BCUT2D eigenvalue weighted by Crippen LogP contribution is -1.98. The van der Waals surface area contributed by atoms with Crippen molar-refractivity contribution in [3.63, 3.8) is 0 Å². The molecule has 0 bridgehead atoms. The number of hydrogen-bond donors (Lipinski definition) is 0. The van der Waals surface area contributed by atoms with E-state index < -0.39 is 0 Å². The lowest BCUT2D eigenvalue weighted by atomic mass is 9.98.